The first kappa shape index (κ1) is 11.5. The van der Waals surface area contributed by atoms with Crippen molar-refractivity contribution in [2.24, 2.45) is 0 Å². The van der Waals surface area contributed by atoms with Crippen molar-refractivity contribution in [3.63, 3.8) is 0 Å². The predicted octanol–water partition coefficient (Wildman–Crippen LogP) is 2.84. The number of hydrogen-bond acceptors (Lipinski definition) is 3. The minimum Gasteiger partial charge on any atom is -0.372 e. The first-order valence-electron chi connectivity index (χ1n) is 6.31. The maximum absolute atomic E-state index is 5.82. The highest BCUT2D eigenvalue weighted by Crippen LogP contribution is 2.28. The van der Waals surface area contributed by atoms with E-state index in [4.69, 9.17) is 4.74 Å². The van der Waals surface area contributed by atoms with Crippen molar-refractivity contribution in [2.75, 3.05) is 6.61 Å². The smallest absolute Gasteiger partial charge is 0.128 e. The van der Waals surface area contributed by atoms with Crippen LogP contribution in [0.3, 0.4) is 0 Å². The molecule has 0 aliphatic carbocycles. The number of ether oxygens (including phenoxy) is 1. The fraction of sp³-hybridized carbons (Fsp3) is 0.692. The molecule has 1 aromatic rings. The molecule has 0 amide bonds. The summed E-state index contributed by atoms with van der Waals surface area (Å²) in [4.78, 5) is 9.01. The highest BCUT2D eigenvalue weighted by atomic mass is 16.5. The van der Waals surface area contributed by atoms with E-state index in [2.05, 4.69) is 23.8 Å². The highest BCUT2D eigenvalue weighted by Gasteiger charge is 2.20. The van der Waals surface area contributed by atoms with Crippen LogP contribution >= 0.6 is 0 Å². The number of nitrogens with zero attached hydrogens (tertiary/aromatic N) is 2. The van der Waals surface area contributed by atoms with Gasteiger partial charge in [-0.05, 0) is 31.2 Å². The van der Waals surface area contributed by atoms with Gasteiger partial charge in [-0.2, -0.15) is 0 Å². The van der Waals surface area contributed by atoms with Crippen LogP contribution in [0.25, 0.3) is 0 Å². The standard InChI is InChI=1S/C13H20N2O/c1-3-10-9-14-12(4-2)15-13(10)11-7-5-6-8-16-11/h9,11H,3-8H2,1-2H3. The summed E-state index contributed by atoms with van der Waals surface area (Å²) < 4.78 is 5.82. The molecule has 1 atom stereocenters. The van der Waals surface area contributed by atoms with Crippen molar-refractivity contribution in [1.29, 1.82) is 0 Å². The average molecular weight is 220 g/mol. The van der Waals surface area contributed by atoms with Crippen molar-refractivity contribution >= 4 is 0 Å². The van der Waals surface area contributed by atoms with E-state index in [9.17, 15) is 0 Å². The monoisotopic (exact) mass is 220 g/mol. The van der Waals surface area contributed by atoms with Crippen LogP contribution in [0.5, 0.6) is 0 Å². The molecule has 1 aliphatic heterocycles. The molecule has 0 bridgehead atoms. The Morgan fingerprint density at radius 3 is 2.81 bits per heavy atom. The lowest BCUT2D eigenvalue weighted by Crippen LogP contribution is -2.16. The van der Waals surface area contributed by atoms with E-state index in [0.717, 1.165) is 37.4 Å². The number of rotatable bonds is 3. The summed E-state index contributed by atoms with van der Waals surface area (Å²) >= 11 is 0. The molecule has 0 aromatic carbocycles. The Morgan fingerprint density at radius 1 is 1.31 bits per heavy atom. The van der Waals surface area contributed by atoms with Gasteiger partial charge < -0.3 is 4.74 Å². The zero-order valence-electron chi connectivity index (χ0n) is 10.2. The predicted molar refractivity (Wildman–Crippen MR) is 63.3 cm³/mol. The zero-order valence-corrected chi connectivity index (χ0v) is 10.2. The van der Waals surface area contributed by atoms with Gasteiger partial charge in [0.2, 0.25) is 0 Å². The Labute approximate surface area is 97.3 Å². The molecule has 1 aliphatic rings. The van der Waals surface area contributed by atoms with Crippen molar-refractivity contribution in [2.45, 2.75) is 52.1 Å². The third-order valence-electron chi connectivity index (χ3n) is 3.13. The normalized spacial score (nSPS) is 21.0. The van der Waals surface area contributed by atoms with Crippen molar-refractivity contribution in [3.05, 3.63) is 23.3 Å². The van der Waals surface area contributed by atoms with E-state index in [1.165, 1.54) is 18.4 Å². The van der Waals surface area contributed by atoms with Crippen LogP contribution in [0.2, 0.25) is 0 Å². The second kappa shape index (κ2) is 5.39. The number of aromatic nitrogens is 2. The summed E-state index contributed by atoms with van der Waals surface area (Å²) in [6.07, 6.45) is 7.59. The van der Waals surface area contributed by atoms with Crippen molar-refractivity contribution < 1.29 is 4.74 Å². The Balaban J connectivity index is 2.27. The Bertz CT molecular complexity index is 346. The molecule has 0 spiro atoms. The molecule has 16 heavy (non-hydrogen) atoms. The zero-order chi connectivity index (χ0) is 11.4. The van der Waals surface area contributed by atoms with Crippen LogP contribution in [-0.2, 0) is 17.6 Å². The van der Waals surface area contributed by atoms with Crippen LogP contribution in [0.15, 0.2) is 6.20 Å². The Kier molecular flexibility index (Phi) is 3.88. The summed E-state index contributed by atoms with van der Waals surface area (Å²) in [5, 5.41) is 0. The first-order valence-corrected chi connectivity index (χ1v) is 6.31. The van der Waals surface area contributed by atoms with Gasteiger partial charge in [0, 0.05) is 19.2 Å². The Hall–Kier alpha value is -0.960. The molecule has 2 heterocycles. The second-order valence-electron chi connectivity index (χ2n) is 4.26. The topological polar surface area (TPSA) is 35.0 Å². The number of hydrogen-bond donors (Lipinski definition) is 0. The van der Waals surface area contributed by atoms with Crippen LogP contribution in [0.1, 0.15) is 56.3 Å². The van der Waals surface area contributed by atoms with Crippen LogP contribution < -0.4 is 0 Å². The summed E-state index contributed by atoms with van der Waals surface area (Å²) in [7, 11) is 0. The molecule has 88 valence electrons. The highest BCUT2D eigenvalue weighted by molar-refractivity contribution is 5.20. The first-order chi connectivity index (χ1) is 7.85. The maximum atomic E-state index is 5.82. The van der Waals surface area contributed by atoms with E-state index in [0.29, 0.717) is 0 Å². The lowest BCUT2D eigenvalue weighted by Gasteiger charge is -2.24. The van der Waals surface area contributed by atoms with E-state index in [1.807, 2.05) is 6.20 Å². The third-order valence-corrected chi connectivity index (χ3v) is 3.13. The fourth-order valence-electron chi connectivity index (χ4n) is 2.14. The van der Waals surface area contributed by atoms with Gasteiger partial charge in [-0.15, -0.1) is 0 Å². The van der Waals surface area contributed by atoms with Gasteiger partial charge in [-0.3, -0.25) is 0 Å². The van der Waals surface area contributed by atoms with E-state index in [-0.39, 0.29) is 6.10 Å². The average Bonchev–Trinajstić information content (AvgIpc) is 2.39. The fourth-order valence-corrected chi connectivity index (χ4v) is 2.14. The lowest BCUT2D eigenvalue weighted by atomic mass is 10.0. The second-order valence-corrected chi connectivity index (χ2v) is 4.26. The van der Waals surface area contributed by atoms with Gasteiger partial charge in [0.1, 0.15) is 5.82 Å². The van der Waals surface area contributed by atoms with Crippen molar-refractivity contribution in [1.82, 2.24) is 9.97 Å². The minimum atomic E-state index is 0.206. The molecule has 0 saturated carbocycles. The largest absolute Gasteiger partial charge is 0.372 e. The molecule has 3 nitrogen and oxygen atoms in total. The summed E-state index contributed by atoms with van der Waals surface area (Å²) in [6, 6.07) is 0. The quantitative estimate of drug-likeness (QED) is 0.785. The summed E-state index contributed by atoms with van der Waals surface area (Å²) in [5.41, 5.74) is 2.37. The molecular weight excluding hydrogens is 200 g/mol. The van der Waals surface area contributed by atoms with Gasteiger partial charge in [-0.25, -0.2) is 9.97 Å². The molecule has 1 unspecified atom stereocenters. The third kappa shape index (κ3) is 2.40. The van der Waals surface area contributed by atoms with Crippen LogP contribution in [0.4, 0.5) is 0 Å². The molecular formula is C13H20N2O. The molecule has 1 aromatic heterocycles. The molecule has 2 rings (SSSR count). The van der Waals surface area contributed by atoms with Gasteiger partial charge in [0.05, 0.1) is 11.8 Å². The van der Waals surface area contributed by atoms with Gasteiger partial charge in [0.25, 0.3) is 0 Å². The van der Waals surface area contributed by atoms with Gasteiger partial charge in [0.15, 0.2) is 0 Å². The molecule has 1 fully saturated rings. The summed E-state index contributed by atoms with van der Waals surface area (Å²) in [6.45, 7) is 5.11. The molecule has 0 radical (unpaired) electrons. The van der Waals surface area contributed by atoms with Crippen LogP contribution in [-0.4, -0.2) is 16.6 Å². The van der Waals surface area contributed by atoms with E-state index in [1.54, 1.807) is 0 Å². The van der Waals surface area contributed by atoms with Crippen LogP contribution in [0, 0.1) is 0 Å². The van der Waals surface area contributed by atoms with Gasteiger partial charge in [-0.1, -0.05) is 13.8 Å². The molecule has 1 saturated heterocycles. The van der Waals surface area contributed by atoms with Crippen molar-refractivity contribution in [3.8, 4) is 0 Å². The summed E-state index contributed by atoms with van der Waals surface area (Å²) in [5.74, 6) is 0.932. The Morgan fingerprint density at radius 2 is 2.19 bits per heavy atom. The number of aryl methyl sites for hydroxylation is 2. The lowest BCUT2D eigenvalue weighted by molar-refractivity contribution is 0.0115. The molecule has 3 heteroatoms. The van der Waals surface area contributed by atoms with E-state index >= 15 is 0 Å². The SMILES string of the molecule is CCc1ncc(CC)c(C2CCCCO2)n1. The maximum Gasteiger partial charge on any atom is 0.128 e. The molecule has 0 N–H and O–H groups in total. The van der Waals surface area contributed by atoms with E-state index < -0.39 is 0 Å². The van der Waals surface area contributed by atoms with Gasteiger partial charge >= 0.3 is 0 Å². The minimum absolute atomic E-state index is 0.206.